The van der Waals surface area contributed by atoms with E-state index in [0.29, 0.717) is 0 Å². The number of rotatable bonds is 5. The fraction of sp³-hybridized carbons (Fsp3) is 0.105. The van der Waals surface area contributed by atoms with E-state index >= 15 is 0 Å². The molecular formula is C19H15NO5. The summed E-state index contributed by atoms with van der Waals surface area (Å²) in [5.74, 6) is -2.52. The Kier molecular flexibility index (Phi) is 4.89. The summed E-state index contributed by atoms with van der Waals surface area (Å²) in [5, 5.41) is 0. The van der Waals surface area contributed by atoms with Gasteiger partial charge in [0.1, 0.15) is 13.2 Å². The van der Waals surface area contributed by atoms with Crippen LogP contribution >= 0.6 is 0 Å². The number of ether oxygens (including phenoxy) is 2. The van der Waals surface area contributed by atoms with Crippen LogP contribution in [0.2, 0.25) is 0 Å². The summed E-state index contributed by atoms with van der Waals surface area (Å²) in [6.45, 7) is -0.301. The lowest BCUT2D eigenvalue weighted by Gasteiger charge is -2.13. The van der Waals surface area contributed by atoms with Crippen molar-refractivity contribution in [2.45, 2.75) is 6.61 Å². The number of hydrogen-bond donors (Lipinski definition) is 0. The summed E-state index contributed by atoms with van der Waals surface area (Å²) in [7, 11) is 0. The second kappa shape index (κ2) is 7.44. The zero-order valence-electron chi connectivity index (χ0n) is 13.3. The van der Waals surface area contributed by atoms with Gasteiger partial charge in [0.15, 0.2) is 0 Å². The highest BCUT2D eigenvalue weighted by atomic mass is 16.6. The predicted molar refractivity (Wildman–Crippen MR) is 88.5 cm³/mol. The van der Waals surface area contributed by atoms with Gasteiger partial charge in [0.25, 0.3) is 0 Å². The average Bonchev–Trinajstić information content (AvgIpc) is 2.89. The molecule has 0 spiro atoms. The van der Waals surface area contributed by atoms with E-state index < -0.39 is 24.4 Å². The lowest BCUT2D eigenvalue weighted by Crippen LogP contribution is -2.32. The van der Waals surface area contributed by atoms with Crippen LogP contribution in [0.15, 0.2) is 66.5 Å². The van der Waals surface area contributed by atoms with Crippen molar-refractivity contribution < 1.29 is 23.9 Å². The van der Waals surface area contributed by atoms with Crippen LogP contribution in [0.4, 0.5) is 0 Å². The summed E-state index contributed by atoms with van der Waals surface area (Å²) in [5.41, 5.74) is 1.57. The van der Waals surface area contributed by atoms with Crippen LogP contribution in [0.3, 0.4) is 0 Å². The number of cyclic esters (lactones) is 1. The Hall–Kier alpha value is -3.41. The van der Waals surface area contributed by atoms with Gasteiger partial charge in [-0.3, -0.25) is 14.5 Å². The quantitative estimate of drug-likeness (QED) is 0.617. The van der Waals surface area contributed by atoms with Crippen LogP contribution in [0, 0.1) is 0 Å². The van der Waals surface area contributed by atoms with Gasteiger partial charge < -0.3 is 9.47 Å². The molecule has 25 heavy (non-hydrogen) atoms. The van der Waals surface area contributed by atoms with E-state index in [1.807, 2.05) is 48.5 Å². The van der Waals surface area contributed by atoms with Crippen LogP contribution in [0.25, 0.3) is 6.08 Å². The lowest BCUT2D eigenvalue weighted by atomic mass is 10.2. The molecular weight excluding hydrogens is 322 g/mol. The third kappa shape index (κ3) is 4.11. The zero-order valence-corrected chi connectivity index (χ0v) is 13.3. The molecule has 0 aliphatic carbocycles. The lowest BCUT2D eigenvalue weighted by molar-refractivity contribution is -0.150. The third-order valence-corrected chi connectivity index (χ3v) is 3.50. The number of benzene rings is 2. The van der Waals surface area contributed by atoms with E-state index in [0.717, 1.165) is 16.0 Å². The molecule has 0 unspecified atom stereocenters. The molecule has 0 bridgehead atoms. The summed E-state index contributed by atoms with van der Waals surface area (Å²) in [4.78, 5) is 36.4. The molecule has 1 aliphatic heterocycles. The van der Waals surface area contributed by atoms with Crippen LogP contribution in [-0.4, -0.2) is 29.3 Å². The molecule has 1 heterocycles. The van der Waals surface area contributed by atoms with Crippen molar-refractivity contribution in [3.63, 3.8) is 0 Å². The van der Waals surface area contributed by atoms with Crippen molar-refractivity contribution in [3.8, 4) is 0 Å². The summed E-state index contributed by atoms with van der Waals surface area (Å²) < 4.78 is 10.1. The first kappa shape index (κ1) is 16.4. The maximum atomic E-state index is 12.0. The molecule has 2 aromatic carbocycles. The number of nitrogens with zero attached hydrogens (tertiary/aromatic N) is 1. The van der Waals surface area contributed by atoms with Crippen LogP contribution in [-0.2, 0) is 30.5 Å². The maximum Gasteiger partial charge on any atom is 0.404 e. The minimum atomic E-state index is -1.02. The highest BCUT2D eigenvalue weighted by Crippen LogP contribution is 2.20. The SMILES string of the molecule is O=C(CN1C(=O)C(=O)O/C1=C/c1ccccc1)OCc1ccccc1. The maximum absolute atomic E-state index is 12.0. The Morgan fingerprint density at radius 3 is 2.32 bits per heavy atom. The molecule has 0 aromatic heterocycles. The van der Waals surface area contributed by atoms with Gasteiger partial charge in [-0.1, -0.05) is 60.7 Å². The summed E-state index contributed by atoms with van der Waals surface area (Å²) >= 11 is 0. The van der Waals surface area contributed by atoms with Crippen molar-refractivity contribution in [1.82, 2.24) is 4.90 Å². The van der Waals surface area contributed by atoms with Gasteiger partial charge in [0.2, 0.25) is 5.88 Å². The van der Waals surface area contributed by atoms with Gasteiger partial charge in [0, 0.05) is 6.08 Å². The molecule has 1 amide bonds. The molecule has 1 fully saturated rings. The van der Waals surface area contributed by atoms with Gasteiger partial charge in [0.05, 0.1) is 0 Å². The Morgan fingerprint density at radius 2 is 1.64 bits per heavy atom. The molecule has 126 valence electrons. The first-order valence-corrected chi connectivity index (χ1v) is 7.63. The summed E-state index contributed by atoms with van der Waals surface area (Å²) in [6.07, 6.45) is 1.52. The molecule has 0 N–H and O–H groups in total. The molecule has 1 aliphatic rings. The smallest absolute Gasteiger partial charge is 0.404 e. The third-order valence-electron chi connectivity index (χ3n) is 3.50. The topological polar surface area (TPSA) is 72.9 Å². The standard InChI is InChI=1S/C19H15NO5/c21-17(24-13-15-9-5-2-6-10-15)12-20-16(25-19(23)18(20)22)11-14-7-3-1-4-8-14/h1-11H,12-13H2/b16-11+. The molecule has 2 aromatic rings. The first-order valence-electron chi connectivity index (χ1n) is 7.63. The van der Waals surface area contributed by atoms with Gasteiger partial charge in [-0.05, 0) is 11.1 Å². The van der Waals surface area contributed by atoms with Gasteiger partial charge in [-0.2, -0.15) is 0 Å². The molecule has 1 saturated heterocycles. The first-order chi connectivity index (χ1) is 12.1. The van der Waals surface area contributed by atoms with E-state index in [-0.39, 0.29) is 12.5 Å². The fourth-order valence-corrected chi connectivity index (χ4v) is 2.27. The van der Waals surface area contributed by atoms with Gasteiger partial charge >= 0.3 is 17.8 Å². The second-order valence-electron chi connectivity index (χ2n) is 5.32. The highest BCUT2D eigenvalue weighted by Gasteiger charge is 2.38. The minimum Gasteiger partial charge on any atom is -0.459 e. The van der Waals surface area contributed by atoms with Crippen LogP contribution in [0.5, 0.6) is 0 Å². The number of esters is 2. The number of hydrogen-bond acceptors (Lipinski definition) is 5. The normalized spacial score (nSPS) is 15.4. The van der Waals surface area contributed by atoms with Crippen molar-refractivity contribution >= 4 is 23.9 Å². The van der Waals surface area contributed by atoms with Crippen LogP contribution in [0.1, 0.15) is 11.1 Å². The zero-order chi connectivity index (χ0) is 17.6. The highest BCUT2D eigenvalue weighted by molar-refractivity contribution is 6.35. The molecule has 0 atom stereocenters. The van der Waals surface area contributed by atoms with Crippen LogP contribution < -0.4 is 0 Å². The monoisotopic (exact) mass is 337 g/mol. The number of carbonyl (C=O) groups excluding carboxylic acids is 3. The summed E-state index contributed by atoms with van der Waals surface area (Å²) in [6, 6.07) is 18.2. The van der Waals surface area contributed by atoms with E-state index in [1.54, 1.807) is 12.1 Å². The molecule has 6 nitrogen and oxygen atoms in total. The predicted octanol–water partition coefficient (Wildman–Crippen LogP) is 2.11. The Bertz CT molecular complexity index is 814. The van der Waals surface area contributed by atoms with Crippen molar-refractivity contribution in [3.05, 3.63) is 77.7 Å². The number of carbonyl (C=O) groups is 3. The van der Waals surface area contributed by atoms with E-state index in [2.05, 4.69) is 0 Å². The molecule has 3 rings (SSSR count). The second-order valence-corrected chi connectivity index (χ2v) is 5.32. The Balaban J connectivity index is 1.68. The van der Waals surface area contributed by atoms with E-state index in [4.69, 9.17) is 9.47 Å². The van der Waals surface area contributed by atoms with E-state index in [9.17, 15) is 14.4 Å². The molecule has 0 saturated carbocycles. The van der Waals surface area contributed by atoms with Crippen molar-refractivity contribution in [1.29, 1.82) is 0 Å². The fourth-order valence-electron chi connectivity index (χ4n) is 2.27. The number of amides is 1. The average molecular weight is 337 g/mol. The van der Waals surface area contributed by atoms with Crippen molar-refractivity contribution in [2.75, 3.05) is 6.54 Å². The molecule has 6 heteroatoms. The van der Waals surface area contributed by atoms with Gasteiger partial charge in [-0.25, -0.2) is 4.79 Å². The van der Waals surface area contributed by atoms with E-state index in [1.165, 1.54) is 6.08 Å². The Morgan fingerprint density at radius 1 is 1.00 bits per heavy atom. The minimum absolute atomic E-state index is 0.0119. The Labute approximate surface area is 144 Å². The van der Waals surface area contributed by atoms with Gasteiger partial charge in [-0.15, -0.1) is 0 Å². The largest absolute Gasteiger partial charge is 0.459 e. The molecule has 0 radical (unpaired) electrons. The van der Waals surface area contributed by atoms with Crippen molar-refractivity contribution in [2.24, 2.45) is 0 Å².